The predicted octanol–water partition coefficient (Wildman–Crippen LogP) is 2.03. The third-order valence-electron chi connectivity index (χ3n) is 5.04. The van der Waals surface area contributed by atoms with Gasteiger partial charge in [-0.3, -0.25) is 0 Å². The van der Waals surface area contributed by atoms with E-state index in [0.717, 1.165) is 40.6 Å². The van der Waals surface area contributed by atoms with Gasteiger partial charge in [-0.2, -0.15) is 4.31 Å². The molecule has 1 fully saturated rings. The Kier molecular flexibility index (Phi) is 6.20. The van der Waals surface area contributed by atoms with E-state index >= 15 is 0 Å². The Morgan fingerprint density at radius 2 is 1.86 bits per heavy atom. The van der Waals surface area contributed by atoms with Crippen LogP contribution in [0.3, 0.4) is 0 Å². The molecule has 0 N–H and O–H groups in total. The van der Waals surface area contributed by atoms with Crippen molar-refractivity contribution >= 4 is 15.8 Å². The van der Waals surface area contributed by atoms with Crippen LogP contribution in [0.5, 0.6) is 5.75 Å². The lowest BCUT2D eigenvalue weighted by molar-refractivity contribution is 0.386. The van der Waals surface area contributed by atoms with Crippen LogP contribution in [0.2, 0.25) is 0 Å². The summed E-state index contributed by atoms with van der Waals surface area (Å²) in [5, 5.41) is 0. The molecule has 2 heterocycles. The minimum atomic E-state index is -3.16. The standard InChI is InChI=1S/C20H28N4O3S/c1-5-19-18(14-16-7-6-8-17(13-16)27-3)20(22-15(2)21-19)23-9-11-24(12-10-23)28(4,25)26/h6-8,13H,5,9-12,14H2,1-4H3. The molecule has 1 aliphatic rings. The number of ether oxygens (including phenoxy) is 1. The number of rotatable bonds is 6. The third kappa shape index (κ3) is 4.62. The minimum absolute atomic E-state index is 0.474. The highest BCUT2D eigenvalue weighted by atomic mass is 32.2. The molecule has 0 radical (unpaired) electrons. The maximum Gasteiger partial charge on any atom is 0.211 e. The van der Waals surface area contributed by atoms with Crippen LogP contribution in [0, 0.1) is 6.92 Å². The number of anilines is 1. The summed E-state index contributed by atoms with van der Waals surface area (Å²) < 4.78 is 30.5. The van der Waals surface area contributed by atoms with Gasteiger partial charge in [0, 0.05) is 43.9 Å². The molecule has 7 nitrogen and oxygen atoms in total. The number of aryl methyl sites for hydroxylation is 2. The monoisotopic (exact) mass is 404 g/mol. The molecule has 152 valence electrons. The van der Waals surface area contributed by atoms with E-state index in [1.807, 2.05) is 25.1 Å². The van der Waals surface area contributed by atoms with Crippen LogP contribution >= 0.6 is 0 Å². The summed E-state index contributed by atoms with van der Waals surface area (Å²) in [6, 6.07) is 8.03. The van der Waals surface area contributed by atoms with Crippen LogP contribution in [-0.4, -0.2) is 62.2 Å². The lowest BCUT2D eigenvalue weighted by atomic mass is 10.0. The normalized spacial score (nSPS) is 15.6. The molecule has 0 spiro atoms. The molecule has 0 atom stereocenters. The summed E-state index contributed by atoms with van der Waals surface area (Å²) >= 11 is 0. The van der Waals surface area contributed by atoms with Crippen LogP contribution in [-0.2, 0) is 22.9 Å². The Morgan fingerprint density at radius 3 is 2.46 bits per heavy atom. The number of aromatic nitrogens is 2. The molecule has 0 amide bonds. The van der Waals surface area contributed by atoms with Gasteiger partial charge in [0.15, 0.2) is 0 Å². The molecule has 28 heavy (non-hydrogen) atoms. The minimum Gasteiger partial charge on any atom is -0.497 e. The summed E-state index contributed by atoms with van der Waals surface area (Å²) in [6.07, 6.45) is 2.79. The van der Waals surface area contributed by atoms with Crippen molar-refractivity contribution in [3.63, 3.8) is 0 Å². The topological polar surface area (TPSA) is 75.6 Å². The number of benzene rings is 1. The van der Waals surface area contributed by atoms with E-state index in [0.29, 0.717) is 32.6 Å². The second-order valence-corrected chi connectivity index (χ2v) is 9.03. The molecule has 0 aliphatic carbocycles. The van der Waals surface area contributed by atoms with E-state index in [9.17, 15) is 8.42 Å². The second kappa shape index (κ2) is 8.45. The van der Waals surface area contributed by atoms with Crippen LogP contribution in [0.25, 0.3) is 0 Å². The van der Waals surface area contributed by atoms with E-state index in [1.54, 1.807) is 7.11 Å². The third-order valence-corrected chi connectivity index (χ3v) is 6.34. The van der Waals surface area contributed by atoms with Crippen molar-refractivity contribution in [2.24, 2.45) is 0 Å². The van der Waals surface area contributed by atoms with E-state index in [4.69, 9.17) is 9.72 Å². The first-order chi connectivity index (χ1) is 13.3. The molecule has 1 aromatic carbocycles. The van der Waals surface area contributed by atoms with Gasteiger partial charge < -0.3 is 9.64 Å². The second-order valence-electron chi connectivity index (χ2n) is 7.05. The Balaban J connectivity index is 1.93. The molecular weight excluding hydrogens is 376 g/mol. The lowest BCUT2D eigenvalue weighted by Crippen LogP contribution is -2.49. The summed E-state index contributed by atoms with van der Waals surface area (Å²) in [5.74, 6) is 2.49. The van der Waals surface area contributed by atoms with Gasteiger partial charge in [0.05, 0.1) is 13.4 Å². The largest absolute Gasteiger partial charge is 0.497 e. The van der Waals surface area contributed by atoms with Gasteiger partial charge in [-0.15, -0.1) is 0 Å². The number of hydrogen-bond donors (Lipinski definition) is 0. The van der Waals surface area contributed by atoms with Crippen molar-refractivity contribution in [1.82, 2.24) is 14.3 Å². The van der Waals surface area contributed by atoms with Crippen molar-refractivity contribution in [3.8, 4) is 5.75 Å². The SMILES string of the molecule is CCc1nc(C)nc(N2CCN(S(C)(=O)=O)CC2)c1Cc1cccc(OC)c1. The van der Waals surface area contributed by atoms with Crippen molar-refractivity contribution in [3.05, 3.63) is 46.9 Å². The average Bonchev–Trinajstić information content (AvgIpc) is 2.68. The van der Waals surface area contributed by atoms with Crippen LogP contribution in [0.4, 0.5) is 5.82 Å². The summed E-state index contributed by atoms with van der Waals surface area (Å²) in [5.41, 5.74) is 3.28. The molecule has 0 bridgehead atoms. The fourth-order valence-electron chi connectivity index (χ4n) is 3.59. The van der Waals surface area contributed by atoms with Gasteiger partial charge in [-0.05, 0) is 31.0 Å². The van der Waals surface area contributed by atoms with Gasteiger partial charge >= 0.3 is 0 Å². The zero-order chi connectivity index (χ0) is 20.3. The Hall–Kier alpha value is -2.19. The first-order valence-electron chi connectivity index (χ1n) is 9.51. The van der Waals surface area contributed by atoms with E-state index in [1.165, 1.54) is 10.6 Å². The number of sulfonamides is 1. The number of nitrogens with zero attached hydrogens (tertiary/aromatic N) is 4. The van der Waals surface area contributed by atoms with E-state index < -0.39 is 10.0 Å². The van der Waals surface area contributed by atoms with Gasteiger partial charge in [0.25, 0.3) is 0 Å². The molecule has 1 saturated heterocycles. The van der Waals surface area contributed by atoms with Crippen molar-refractivity contribution in [2.45, 2.75) is 26.7 Å². The number of hydrogen-bond acceptors (Lipinski definition) is 6. The molecule has 0 unspecified atom stereocenters. The van der Waals surface area contributed by atoms with Gasteiger partial charge in [-0.25, -0.2) is 18.4 Å². The molecule has 1 aliphatic heterocycles. The van der Waals surface area contributed by atoms with E-state index in [-0.39, 0.29) is 0 Å². The Bertz CT molecular complexity index is 938. The quantitative estimate of drug-likeness (QED) is 0.733. The Morgan fingerprint density at radius 1 is 1.14 bits per heavy atom. The van der Waals surface area contributed by atoms with E-state index in [2.05, 4.69) is 22.9 Å². The highest BCUT2D eigenvalue weighted by molar-refractivity contribution is 7.88. The van der Waals surface area contributed by atoms with Gasteiger partial charge in [0.1, 0.15) is 17.4 Å². The van der Waals surface area contributed by atoms with Crippen molar-refractivity contribution in [1.29, 1.82) is 0 Å². The molecule has 0 saturated carbocycles. The highest BCUT2D eigenvalue weighted by Gasteiger charge is 2.26. The highest BCUT2D eigenvalue weighted by Crippen LogP contribution is 2.27. The molecule has 1 aromatic heterocycles. The first kappa shape index (κ1) is 20.5. The first-order valence-corrected chi connectivity index (χ1v) is 11.4. The molecule has 8 heteroatoms. The average molecular weight is 405 g/mol. The summed E-state index contributed by atoms with van der Waals surface area (Å²) in [6.45, 7) is 6.20. The van der Waals surface area contributed by atoms with Crippen molar-refractivity contribution in [2.75, 3.05) is 44.4 Å². The fourth-order valence-corrected chi connectivity index (χ4v) is 4.42. The number of methoxy groups -OCH3 is 1. The summed E-state index contributed by atoms with van der Waals surface area (Å²) in [7, 11) is -1.49. The van der Waals surface area contributed by atoms with Crippen LogP contribution in [0.1, 0.15) is 29.6 Å². The summed E-state index contributed by atoms with van der Waals surface area (Å²) in [4.78, 5) is 11.6. The van der Waals surface area contributed by atoms with Crippen LogP contribution < -0.4 is 9.64 Å². The molecular formula is C20H28N4O3S. The molecule has 3 rings (SSSR count). The van der Waals surface area contributed by atoms with Gasteiger partial charge in [0.2, 0.25) is 10.0 Å². The number of piperazine rings is 1. The Labute approximate surface area is 167 Å². The fraction of sp³-hybridized carbons (Fsp3) is 0.500. The van der Waals surface area contributed by atoms with Gasteiger partial charge in [-0.1, -0.05) is 19.1 Å². The predicted molar refractivity (Wildman–Crippen MR) is 111 cm³/mol. The van der Waals surface area contributed by atoms with Crippen molar-refractivity contribution < 1.29 is 13.2 Å². The lowest BCUT2D eigenvalue weighted by Gasteiger charge is -2.35. The van der Waals surface area contributed by atoms with Crippen LogP contribution in [0.15, 0.2) is 24.3 Å². The zero-order valence-electron chi connectivity index (χ0n) is 17.0. The maximum absolute atomic E-state index is 11.8. The maximum atomic E-state index is 11.8. The molecule has 2 aromatic rings. The smallest absolute Gasteiger partial charge is 0.211 e. The zero-order valence-corrected chi connectivity index (χ0v) is 17.8.